The van der Waals surface area contributed by atoms with Crippen molar-refractivity contribution in [1.82, 2.24) is 5.32 Å². The normalized spacial score (nSPS) is 11.9. The lowest BCUT2D eigenvalue weighted by Gasteiger charge is -2.07. The number of nitro benzene ring substituents is 1. The number of nitrogens with one attached hydrogen (secondary N) is 1. The molecule has 21 heavy (non-hydrogen) atoms. The maximum atomic E-state index is 11.5. The molecule has 0 aromatic heterocycles. The van der Waals surface area contributed by atoms with Crippen molar-refractivity contribution in [2.45, 2.75) is 6.10 Å². The smallest absolute Gasteiger partial charge is 0.336 e. The van der Waals surface area contributed by atoms with E-state index in [9.17, 15) is 24.8 Å². The van der Waals surface area contributed by atoms with Crippen LogP contribution in [0.15, 0.2) is 30.3 Å². The zero-order valence-electron chi connectivity index (χ0n) is 11.2. The summed E-state index contributed by atoms with van der Waals surface area (Å²) in [7, 11) is 1.12. The fourth-order valence-corrected chi connectivity index (χ4v) is 1.39. The monoisotopic (exact) mass is 294 g/mol. The van der Waals surface area contributed by atoms with Crippen molar-refractivity contribution in [3.8, 4) is 0 Å². The van der Waals surface area contributed by atoms with Gasteiger partial charge in [-0.3, -0.25) is 14.9 Å². The minimum atomic E-state index is -1.44. The molecule has 0 saturated carbocycles. The quantitative estimate of drug-likeness (QED) is 0.336. The predicted octanol–water partition coefficient (Wildman–Crippen LogP) is 0.258. The van der Waals surface area contributed by atoms with E-state index in [0.717, 1.165) is 13.2 Å². The number of carbonyl (C=O) groups excluding carboxylic acids is 2. The molecule has 112 valence electrons. The van der Waals surface area contributed by atoms with E-state index < -0.39 is 22.9 Å². The number of rotatable bonds is 6. The fraction of sp³-hybridized carbons (Fsp3) is 0.231. The third-order valence-electron chi connectivity index (χ3n) is 2.45. The van der Waals surface area contributed by atoms with Crippen LogP contribution in [0.2, 0.25) is 0 Å². The number of aliphatic hydroxyl groups excluding tert-OH is 1. The number of benzene rings is 1. The van der Waals surface area contributed by atoms with Crippen LogP contribution in [-0.2, 0) is 14.3 Å². The molecule has 1 unspecified atom stereocenters. The molecule has 0 aliphatic rings. The van der Waals surface area contributed by atoms with Gasteiger partial charge < -0.3 is 15.2 Å². The molecule has 2 N–H and O–H groups in total. The molecule has 0 saturated heterocycles. The summed E-state index contributed by atoms with van der Waals surface area (Å²) in [6.45, 7) is -0.287. The molecule has 0 bridgehead atoms. The van der Waals surface area contributed by atoms with Gasteiger partial charge in [-0.05, 0) is 11.6 Å². The largest absolute Gasteiger partial charge is 0.467 e. The van der Waals surface area contributed by atoms with Gasteiger partial charge in [0.25, 0.3) is 5.69 Å². The van der Waals surface area contributed by atoms with Gasteiger partial charge in [-0.1, -0.05) is 12.1 Å². The summed E-state index contributed by atoms with van der Waals surface area (Å²) in [6.07, 6.45) is 1.08. The van der Waals surface area contributed by atoms with Crippen molar-refractivity contribution < 1.29 is 24.4 Å². The van der Waals surface area contributed by atoms with Crippen molar-refractivity contribution in [2.24, 2.45) is 0 Å². The molecular weight excluding hydrogens is 280 g/mol. The van der Waals surface area contributed by atoms with Crippen LogP contribution in [0.25, 0.3) is 6.08 Å². The van der Waals surface area contributed by atoms with Crippen LogP contribution in [0.4, 0.5) is 5.69 Å². The van der Waals surface area contributed by atoms with Crippen LogP contribution in [0.1, 0.15) is 5.56 Å². The molecule has 0 radical (unpaired) electrons. The van der Waals surface area contributed by atoms with Gasteiger partial charge in [-0.25, -0.2) is 4.79 Å². The van der Waals surface area contributed by atoms with Crippen LogP contribution < -0.4 is 5.32 Å². The molecule has 0 heterocycles. The molecule has 1 aromatic carbocycles. The van der Waals surface area contributed by atoms with E-state index in [-0.39, 0.29) is 12.2 Å². The minimum absolute atomic E-state index is 0.0846. The number of ether oxygens (including phenoxy) is 1. The second-order valence-corrected chi connectivity index (χ2v) is 3.97. The van der Waals surface area contributed by atoms with Gasteiger partial charge in [0.1, 0.15) is 0 Å². The Bertz CT molecular complexity index is 570. The highest BCUT2D eigenvalue weighted by molar-refractivity contribution is 5.92. The molecule has 0 aliphatic carbocycles. The molecule has 0 aliphatic heterocycles. The van der Waals surface area contributed by atoms with E-state index in [2.05, 4.69) is 10.1 Å². The van der Waals surface area contributed by atoms with E-state index >= 15 is 0 Å². The van der Waals surface area contributed by atoms with E-state index in [0.29, 0.717) is 5.56 Å². The lowest BCUT2D eigenvalue weighted by Crippen LogP contribution is -2.36. The van der Waals surface area contributed by atoms with Gasteiger partial charge in [-0.2, -0.15) is 0 Å². The third-order valence-corrected chi connectivity index (χ3v) is 2.45. The average Bonchev–Trinajstić information content (AvgIpc) is 2.49. The van der Waals surface area contributed by atoms with Gasteiger partial charge in [0, 0.05) is 18.2 Å². The predicted molar refractivity (Wildman–Crippen MR) is 73.2 cm³/mol. The number of carbonyl (C=O) groups is 2. The van der Waals surface area contributed by atoms with Crippen molar-refractivity contribution >= 4 is 23.6 Å². The summed E-state index contributed by atoms with van der Waals surface area (Å²) >= 11 is 0. The first-order valence-electron chi connectivity index (χ1n) is 5.90. The zero-order chi connectivity index (χ0) is 15.8. The molecule has 1 aromatic rings. The first-order chi connectivity index (χ1) is 9.93. The van der Waals surface area contributed by atoms with E-state index in [1.165, 1.54) is 24.3 Å². The van der Waals surface area contributed by atoms with Crippen LogP contribution >= 0.6 is 0 Å². The van der Waals surface area contributed by atoms with Crippen molar-refractivity contribution in [2.75, 3.05) is 13.7 Å². The summed E-state index contributed by atoms with van der Waals surface area (Å²) < 4.78 is 4.29. The summed E-state index contributed by atoms with van der Waals surface area (Å²) in [6, 6.07) is 5.74. The summed E-state index contributed by atoms with van der Waals surface area (Å²) in [5.74, 6) is -1.40. The molecular formula is C13H14N2O6. The molecule has 0 fully saturated rings. The number of hydrogen-bond acceptors (Lipinski definition) is 6. The Labute approximate surface area is 120 Å². The van der Waals surface area contributed by atoms with Crippen LogP contribution in [0.3, 0.4) is 0 Å². The van der Waals surface area contributed by atoms with Gasteiger partial charge >= 0.3 is 5.97 Å². The SMILES string of the molecule is COC(=O)C(O)CNC(=O)/C=C/c1cccc([N+](=O)[O-])c1. The number of hydrogen-bond donors (Lipinski definition) is 2. The van der Waals surface area contributed by atoms with Gasteiger partial charge in [-0.15, -0.1) is 0 Å². The van der Waals surface area contributed by atoms with Gasteiger partial charge in [0.05, 0.1) is 18.6 Å². The Morgan fingerprint density at radius 2 is 2.24 bits per heavy atom. The number of nitro groups is 1. The Morgan fingerprint density at radius 3 is 2.86 bits per heavy atom. The maximum Gasteiger partial charge on any atom is 0.336 e. The van der Waals surface area contributed by atoms with Crippen molar-refractivity contribution in [3.63, 3.8) is 0 Å². The van der Waals surface area contributed by atoms with Gasteiger partial charge in [0.2, 0.25) is 5.91 Å². The summed E-state index contributed by atoms with van der Waals surface area (Å²) in [4.78, 5) is 32.4. The fourth-order valence-electron chi connectivity index (χ4n) is 1.39. The van der Waals surface area contributed by atoms with Crippen LogP contribution in [0.5, 0.6) is 0 Å². The summed E-state index contributed by atoms with van der Waals surface area (Å²) in [5, 5.41) is 22.1. The van der Waals surface area contributed by atoms with Crippen LogP contribution in [0, 0.1) is 10.1 Å². The average molecular weight is 294 g/mol. The zero-order valence-corrected chi connectivity index (χ0v) is 11.2. The number of esters is 1. The number of nitrogens with zero attached hydrogens (tertiary/aromatic N) is 1. The molecule has 1 rings (SSSR count). The number of amides is 1. The Morgan fingerprint density at radius 1 is 1.52 bits per heavy atom. The lowest BCUT2D eigenvalue weighted by atomic mass is 10.2. The second kappa shape index (κ2) is 7.75. The second-order valence-electron chi connectivity index (χ2n) is 3.97. The van der Waals surface area contributed by atoms with E-state index in [1.807, 2.05) is 0 Å². The highest BCUT2D eigenvalue weighted by Gasteiger charge is 2.15. The highest BCUT2D eigenvalue weighted by atomic mass is 16.6. The molecule has 1 atom stereocenters. The van der Waals surface area contributed by atoms with Crippen molar-refractivity contribution in [1.29, 1.82) is 0 Å². The summed E-state index contributed by atoms with van der Waals surface area (Å²) in [5.41, 5.74) is 0.395. The highest BCUT2D eigenvalue weighted by Crippen LogP contribution is 2.13. The Balaban J connectivity index is 2.56. The Kier molecular flexibility index (Phi) is 6.02. The van der Waals surface area contributed by atoms with Gasteiger partial charge in [0.15, 0.2) is 6.10 Å². The Hall–Kier alpha value is -2.74. The molecule has 8 nitrogen and oxygen atoms in total. The van der Waals surface area contributed by atoms with E-state index in [1.54, 1.807) is 6.07 Å². The standard InChI is InChI=1S/C13H14N2O6/c1-21-13(18)11(16)8-14-12(17)6-5-9-3-2-4-10(7-9)15(19)20/h2-7,11,16H,8H2,1H3,(H,14,17)/b6-5+. The minimum Gasteiger partial charge on any atom is -0.467 e. The molecule has 1 amide bonds. The number of methoxy groups -OCH3 is 1. The first-order valence-corrected chi connectivity index (χ1v) is 5.90. The maximum absolute atomic E-state index is 11.5. The topological polar surface area (TPSA) is 119 Å². The molecule has 8 heteroatoms. The third kappa shape index (κ3) is 5.41. The van der Waals surface area contributed by atoms with E-state index in [4.69, 9.17) is 0 Å². The first kappa shape index (κ1) is 16.3. The van der Waals surface area contributed by atoms with Crippen molar-refractivity contribution in [3.05, 3.63) is 46.0 Å². The molecule has 0 spiro atoms. The lowest BCUT2D eigenvalue weighted by molar-refractivity contribution is -0.384. The van der Waals surface area contributed by atoms with Crippen LogP contribution in [-0.4, -0.2) is 41.7 Å². The number of aliphatic hydroxyl groups is 1. The number of non-ortho nitro benzene ring substituents is 1.